The minimum absolute atomic E-state index is 0.180. The van der Waals surface area contributed by atoms with E-state index in [2.05, 4.69) is 0 Å². The van der Waals surface area contributed by atoms with Crippen LogP contribution in [0.4, 0.5) is 0 Å². The number of carbonyl (C=O) groups excluding carboxylic acids is 1. The van der Waals surface area contributed by atoms with Gasteiger partial charge in [0.1, 0.15) is 0 Å². The molecule has 0 amide bonds. The summed E-state index contributed by atoms with van der Waals surface area (Å²) in [6.07, 6.45) is 0. The zero-order chi connectivity index (χ0) is 14.7. The maximum Gasteiger partial charge on any atom is 0.340 e. The number of nitrogens with zero attached hydrogens (tertiary/aromatic N) is 1. The van der Waals surface area contributed by atoms with Crippen LogP contribution in [0.2, 0.25) is 0 Å². The third kappa shape index (κ3) is 2.34. The quantitative estimate of drug-likeness (QED) is 0.871. The van der Waals surface area contributed by atoms with E-state index in [1.54, 1.807) is 6.92 Å². The molecule has 1 heterocycles. The highest BCUT2D eigenvalue weighted by molar-refractivity contribution is 5.93. The Morgan fingerprint density at radius 3 is 2.40 bits per heavy atom. The molecule has 0 saturated carbocycles. The number of rotatable bonds is 4. The first kappa shape index (κ1) is 14.3. The highest BCUT2D eigenvalue weighted by Gasteiger charge is 2.23. The maximum absolute atomic E-state index is 12.1. The molecule has 1 N–H and O–H groups in total. The van der Waals surface area contributed by atoms with Crippen molar-refractivity contribution < 1.29 is 14.6 Å². The summed E-state index contributed by atoms with van der Waals surface area (Å²) in [7, 11) is 0. The molecule has 1 aromatic carbocycles. The summed E-state index contributed by atoms with van der Waals surface area (Å²) in [5.41, 5.74) is 3.71. The van der Waals surface area contributed by atoms with Crippen molar-refractivity contribution in [3.63, 3.8) is 0 Å². The third-order valence-corrected chi connectivity index (χ3v) is 3.42. The summed E-state index contributed by atoms with van der Waals surface area (Å²) in [5.74, 6) is -0.383. The maximum atomic E-state index is 12.1. The summed E-state index contributed by atoms with van der Waals surface area (Å²) in [5, 5.41) is 9.58. The number of carbonyl (C=O) groups is 1. The van der Waals surface area contributed by atoms with Gasteiger partial charge >= 0.3 is 5.97 Å². The third-order valence-electron chi connectivity index (χ3n) is 3.42. The van der Waals surface area contributed by atoms with E-state index in [0.717, 1.165) is 17.1 Å². The van der Waals surface area contributed by atoms with E-state index in [1.807, 2.05) is 48.7 Å². The van der Waals surface area contributed by atoms with Crippen LogP contribution in [0, 0.1) is 13.8 Å². The molecule has 4 heteroatoms. The number of benzene rings is 1. The van der Waals surface area contributed by atoms with Gasteiger partial charge < -0.3 is 14.4 Å². The van der Waals surface area contributed by atoms with Crippen molar-refractivity contribution in [1.29, 1.82) is 0 Å². The highest BCUT2D eigenvalue weighted by Crippen LogP contribution is 2.27. The average molecular weight is 273 g/mol. The van der Waals surface area contributed by atoms with Gasteiger partial charge in [-0.25, -0.2) is 4.79 Å². The first-order valence-corrected chi connectivity index (χ1v) is 6.66. The number of para-hydroxylation sites is 1. The fourth-order valence-electron chi connectivity index (χ4n) is 2.53. The molecule has 106 valence electrons. The molecule has 20 heavy (non-hydrogen) atoms. The lowest BCUT2D eigenvalue weighted by Gasteiger charge is -2.09. The molecule has 4 nitrogen and oxygen atoms in total. The van der Waals surface area contributed by atoms with Gasteiger partial charge in [0.05, 0.1) is 18.8 Å². The number of aliphatic hydroxyl groups is 1. The number of hydrogen-bond acceptors (Lipinski definition) is 3. The van der Waals surface area contributed by atoms with Crippen molar-refractivity contribution in [2.45, 2.75) is 27.4 Å². The molecule has 0 aliphatic carbocycles. The molecular weight excluding hydrogens is 254 g/mol. The van der Waals surface area contributed by atoms with Crippen LogP contribution in [0.25, 0.3) is 5.69 Å². The molecule has 0 fully saturated rings. The van der Waals surface area contributed by atoms with Gasteiger partial charge in [0.2, 0.25) is 0 Å². The largest absolute Gasteiger partial charge is 0.462 e. The van der Waals surface area contributed by atoms with Crippen molar-refractivity contribution in [2.75, 3.05) is 6.61 Å². The van der Waals surface area contributed by atoms with Gasteiger partial charge in [-0.15, -0.1) is 0 Å². The fraction of sp³-hybridized carbons (Fsp3) is 0.312. The summed E-state index contributed by atoms with van der Waals surface area (Å²) < 4.78 is 7.06. The summed E-state index contributed by atoms with van der Waals surface area (Å²) in [6, 6.07) is 9.76. The van der Waals surface area contributed by atoms with E-state index in [0.29, 0.717) is 17.7 Å². The summed E-state index contributed by atoms with van der Waals surface area (Å²) >= 11 is 0. The molecule has 0 saturated heterocycles. The van der Waals surface area contributed by atoms with Crippen LogP contribution in [0.3, 0.4) is 0 Å². The molecule has 0 spiro atoms. The van der Waals surface area contributed by atoms with Gasteiger partial charge in [-0.2, -0.15) is 0 Å². The van der Waals surface area contributed by atoms with Crippen molar-refractivity contribution in [1.82, 2.24) is 4.57 Å². The molecule has 0 aliphatic heterocycles. The second-order valence-electron chi connectivity index (χ2n) is 4.57. The van der Waals surface area contributed by atoms with Crippen molar-refractivity contribution in [3.8, 4) is 5.69 Å². The Morgan fingerprint density at radius 1 is 1.20 bits per heavy atom. The first-order chi connectivity index (χ1) is 9.61. The fourth-order valence-corrected chi connectivity index (χ4v) is 2.53. The second-order valence-corrected chi connectivity index (χ2v) is 4.57. The Kier molecular flexibility index (Phi) is 4.25. The molecule has 1 aromatic heterocycles. The normalized spacial score (nSPS) is 10.6. The Labute approximate surface area is 118 Å². The second kappa shape index (κ2) is 5.92. The van der Waals surface area contributed by atoms with Gasteiger partial charge in [0, 0.05) is 22.6 Å². The van der Waals surface area contributed by atoms with Gasteiger partial charge in [-0.05, 0) is 32.9 Å². The average Bonchev–Trinajstić information content (AvgIpc) is 2.70. The molecule has 0 radical (unpaired) electrons. The molecule has 0 atom stereocenters. The predicted octanol–water partition coefficient (Wildman–Crippen LogP) is 2.76. The standard InChI is InChI=1S/C16H19NO3/c1-4-20-16(19)15-12(3)17(11(2)14(15)10-18)13-8-6-5-7-9-13/h5-9,18H,4,10H2,1-3H3. The lowest BCUT2D eigenvalue weighted by molar-refractivity contribution is 0.0522. The van der Waals surface area contributed by atoms with E-state index in [9.17, 15) is 9.90 Å². The SMILES string of the molecule is CCOC(=O)c1c(CO)c(C)n(-c2ccccc2)c1C. The van der Waals surface area contributed by atoms with Gasteiger partial charge in [-0.3, -0.25) is 0 Å². The smallest absolute Gasteiger partial charge is 0.340 e. The predicted molar refractivity (Wildman–Crippen MR) is 77.1 cm³/mol. The first-order valence-electron chi connectivity index (χ1n) is 6.66. The lowest BCUT2D eigenvalue weighted by atomic mass is 10.1. The molecule has 0 unspecified atom stereocenters. The molecule has 2 aromatic rings. The Bertz CT molecular complexity index is 614. The van der Waals surface area contributed by atoms with Crippen LogP contribution >= 0.6 is 0 Å². The van der Waals surface area contributed by atoms with Crippen LogP contribution in [0.5, 0.6) is 0 Å². The van der Waals surface area contributed by atoms with Gasteiger partial charge in [0.25, 0.3) is 0 Å². The minimum atomic E-state index is -0.383. The van der Waals surface area contributed by atoms with Crippen molar-refractivity contribution in [2.24, 2.45) is 0 Å². The van der Waals surface area contributed by atoms with E-state index >= 15 is 0 Å². The zero-order valence-electron chi connectivity index (χ0n) is 12.0. The van der Waals surface area contributed by atoms with Crippen LogP contribution in [0.1, 0.15) is 34.2 Å². The lowest BCUT2D eigenvalue weighted by Crippen LogP contribution is -2.08. The Morgan fingerprint density at radius 2 is 1.85 bits per heavy atom. The van der Waals surface area contributed by atoms with Gasteiger partial charge in [-0.1, -0.05) is 18.2 Å². The number of aliphatic hydroxyl groups excluding tert-OH is 1. The number of aromatic nitrogens is 1. The highest BCUT2D eigenvalue weighted by atomic mass is 16.5. The number of esters is 1. The van der Waals surface area contributed by atoms with Crippen LogP contribution < -0.4 is 0 Å². The van der Waals surface area contributed by atoms with Gasteiger partial charge in [0.15, 0.2) is 0 Å². The number of hydrogen-bond donors (Lipinski definition) is 1. The Hall–Kier alpha value is -2.07. The van der Waals surface area contributed by atoms with E-state index < -0.39 is 0 Å². The summed E-state index contributed by atoms with van der Waals surface area (Å²) in [4.78, 5) is 12.1. The topological polar surface area (TPSA) is 51.5 Å². The molecular formula is C16H19NO3. The summed E-state index contributed by atoms with van der Waals surface area (Å²) in [6.45, 7) is 5.67. The Balaban J connectivity index is 2.64. The molecule has 0 bridgehead atoms. The minimum Gasteiger partial charge on any atom is -0.462 e. The monoisotopic (exact) mass is 273 g/mol. The number of ether oxygens (including phenoxy) is 1. The van der Waals surface area contributed by atoms with Crippen molar-refractivity contribution >= 4 is 5.97 Å². The van der Waals surface area contributed by atoms with E-state index in [-0.39, 0.29) is 12.6 Å². The molecule has 2 rings (SSSR count). The van der Waals surface area contributed by atoms with Crippen LogP contribution in [-0.2, 0) is 11.3 Å². The molecule has 0 aliphatic rings. The van der Waals surface area contributed by atoms with Crippen molar-refractivity contribution in [3.05, 3.63) is 52.8 Å². The van der Waals surface area contributed by atoms with E-state index in [4.69, 9.17) is 4.74 Å². The van der Waals surface area contributed by atoms with E-state index in [1.165, 1.54) is 0 Å². The zero-order valence-corrected chi connectivity index (χ0v) is 12.0. The van der Waals surface area contributed by atoms with Crippen LogP contribution in [-0.4, -0.2) is 22.2 Å². The van der Waals surface area contributed by atoms with Crippen LogP contribution in [0.15, 0.2) is 30.3 Å².